The van der Waals surface area contributed by atoms with Crippen molar-refractivity contribution in [2.24, 2.45) is 7.05 Å². The molecular weight excluding hydrogens is 386 g/mol. The van der Waals surface area contributed by atoms with E-state index in [1.807, 2.05) is 12.1 Å². The number of hydrogen-bond acceptors (Lipinski definition) is 5. The van der Waals surface area contributed by atoms with E-state index in [1.54, 1.807) is 24.3 Å². The fourth-order valence-corrected chi connectivity index (χ4v) is 4.18. The van der Waals surface area contributed by atoms with Crippen LogP contribution in [0.15, 0.2) is 63.7 Å². The smallest absolute Gasteiger partial charge is 0.335 e. The summed E-state index contributed by atoms with van der Waals surface area (Å²) < 4.78 is 1.30. The number of hydrogen-bond donors (Lipinski definition) is 3. The first-order chi connectivity index (χ1) is 14.4. The molecule has 0 spiro atoms. The van der Waals surface area contributed by atoms with Crippen LogP contribution in [0.1, 0.15) is 43.3 Å². The van der Waals surface area contributed by atoms with Crippen LogP contribution < -0.4 is 16.6 Å². The SMILES string of the molecule is Cn1c2c(c(=O)[nH]c1=O)C(c1ccc(C(=O)O)cc1)C1=C(N2)c2ccccc2C1=O. The summed E-state index contributed by atoms with van der Waals surface area (Å²) in [5.41, 5.74) is 1.90. The van der Waals surface area contributed by atoms with Crippen molar-refractivity contribution >= 4 is 23.3 Å². The highest BCUT2D eigenvalue weighted by Crippen LogP contribution is 2.47. The van der Waals surface area contributed by atoms with Crippen LogP contribution in [0.25, 0.3) is 5.70 Å². The normalized spacial score (nSPS) is 16.6. The van der Waals surface area contributed by atoms with Gasteiger partial charge in [0.05, 0.1) is 16.8 Å². The Morgan fingerprint density at radius 1 is 1.00 bits per heavy atom. The van der Waals surface area contributed by atoms with Gasteiger partial charge >= 0.3 is 11.7 Å². The lowest BCUT2D eigenvalue weighted by molar-refractivity contribution is 0.0696. The van der Waals surface area contributed by atoms with E-state index >= 15 is 0 Å². The van der Waals surface area contributed by atoms with Crippen molar-refractivity contribution in [1.82, 2.24) is 9.55 Å². The third-order valence-electron chi connectivity index (χ3n) is 5.63. The number of benzene rings is 2. The van der Waals surface area contributed by atoms with Crippen LogP contribution in [-0.4, -0.2) is 26.4 Å². The Labute approximate surface area is 169 Å². The highest BCUT2D eigenvalue weighted by molar-refractivity contribution is 6.23. The molecule has 1 aromatic heterocycles. The van der Waals surface area contributed by atoms with Gasteiger partial charge in [-0.25, -0.2) is 9.59 Å². The topological polar surface area (TPSA) is 121 Å². The minimum atomic E-state index is -1.07. The summed E-state index contributed by atoms with van der Waals surface area (Å²) in [7, 11) is 1.53. The predicted octanol–water partition coefficient (Wildman–Crippen LogP) is 1.94. The number of rotatable bonds is 2. The van der Waals surface area contributed by atoms with Crippen molar-refractivity contribution < 1.29 is 14.7 Å². The average molecular weight is 401 g/mol. The Balaban J connectivity index is 1.82. The van der Waals surface area contributed by atoms with Crippen molar-refractivity contribution in [3.05, 3.63) is 103 Å². The van der Waals surface area contributed by atoms with Gasteiger partial charge in [0.1, 0.15) is 5.82 Å². The fraction of sp³-hybridized carbons (Fsp3) is 0.0909. The van der Waals surface area contributed by atoms with Gasteiger partial charge in [-0.15, -0.1) is 0 Å². The molecule has 8 nitrogen and oxygen atoms in total. The summed E-state index contributed by atoms with van der Waals surface area (Å²) >= 11 is 0. The second-order valence-corrected chi connectivity index (χ2v) is 7.23. The Morgan fingerprint density at radius 3 is 2.33 bits per heavy atom. The molecular formula is C22H15N3O5. The number of allylic oxidation sites excluding steroid dienone is 1. The van der Waals surface area contributed by atoms with Crippen molar-refractivity contribution in [2.75, 3.05) is 5.32 Å². The molecule has 0 fully saturated rings. The number of ketones is 1. The number of aromatic amines is 1. The van der Waals surface area contributed by atoms with E-state index in [9.17, 15) is 24.3 Å². The number of carbonyl (C=O) groups excluding carboxylic acids is 1. The second kappa shape index (κ2) is 6.15. The van der Waals surface area contributed by atoms with Gasteiger partial charge in [0.2, 0.25) is 0 Å². The zero-order valence-corrected chi connectivity index (χ0v) is 15.7. The number of Topliss-reactive ketones (excluding diaryl/α,β-unsaturated/α-hetero) is 1. The number of anilines is 1. The third-order valence-corrected chi connectivity index (χ3v) is 5.63. The van der Waals surface area contributed by atoms with Crippen molar-refractivity contribution in [3.8, 4) is 0 Å². The molecule has 8 heteroatoms. The highest BCUT2D eigenvalue weighted by Gasteiger charge is 2.42. The van der Waals surface area contributed by atoms with Crippen molar-refractivity contribution in [2.45, 2.75) is 5.92 Å². The number of nitrogens with one attached hydrogen (secondary N) is 2. The van der Waals surface area contributed by atoms with Crippen molar-refractivity contribution in [1.29, 1.82) is 0 Å². The zero-order chi connectivity index (χ0) is 21.2. The molecule has 148 valence electrons. The first-order valence-corrected chi connectivity index (χ1v) is 9.20. The van der Waals surface area contributed by atoms with Crippen LogP contribution in [0.3, 0.4) is 0 Å². The van der Waals surface area contributed by atoms with E-state index in [2.05, 4.69) is 10.3 Å². The van der Waals surface area contributed by atoms with E-state index in [-0.39, 0.29) is 16.9 Å². The number of nitrogens with zero attached hydrogens (tertiary/aromatic N) is 1. The van der Waals surface area contributed by atoms with Gasteiger partial charge < -0.3 is 10.4 Å². The van der Waals surface area contributed by atoms with E-state index in [0.717, 1.165) is 0 Å². The van der Waals surface area contributed by atoms with Gasteiger partial charge in [-0.3, -0.25) is 19.1 Å². The lowest BCUT2D eigenvalue weighted by Gasteiger charge is -2.29. The van der Waals surface area contributed by atoms with Gasteiger partial charge in [-0.1, -0.05) is 36.4 Å². The molecule has 0 saturated carbocycles. The Bertz CT molecular complexity index is 1410. The van der Waals surface area contributed by atoms with Crippen LogP contribution in [0.5, 0.6) is 0 Å². The van der Waals surface area contributed by atoms with Gasteiger partial charge in [0, 0.05) is 29.7 Å². The van der Waals surface area contributed by atoms with Gasteiger partial charge in [0.15, 0.2) is 5.78 Å². The molecule has 1 atom stereocenters. The first-order valence-electron chi connectivity index (χ1n) is 9.20. The van der Waals surface area contributed by atoms with E-state index in [0.29, 0.717) is 33.8 Å². The number of carboxylic acid groups (broad SMARTS) is 1. The molecule has 2 aliphatic rings. The Hall–Kier alpha value is -4.20. The molecule has 0 radical (unpaired) electrons. The molecule has 30 heavy (non-hydrogen) atoms. The summed E-state index contributed by atoms with van der Waals surface area (Å²) in [6.45, 7) is 0. The number of carbonyl (C=O) groups is 2. The maximum Gasteiger partial charge on any atom is 0.335 e. The third kappa shape index (κ3) is 2.33. The van der Waals surface area contributed by atoms with E-state index in [4.69, 9.17) is 0 Å². The van der Waals surface area contributed by atoms with Crippen LogP contribution in [-0.2, 0) is 7.05 Å². The molecule has 3 aromatic rings. The van der Waals surface area contributed by atoms with Crippen LogP contribution in [0.4, 0.5) is 5.82 Å². The standard InChI is InChI=1S/C22H15N3O5/c1-25-19-16(20(27)24-22(25)30)14(10-6-8-11(9-7-10)21(28)29)15-17(23-19)12-4-2-3-5-13(12)18(15)26/h2-9,14,23H,1H3,(H,28,29)(H,24,27,30). The number of H-pyrrole nitrogens is 1. The van der Waals surface area contributed by atoms with Gasteiger partial charge in [0.25, 0.3) is 5.56 Å². The monoisotopic (exact) mass is 401 g/mol. The molecule has 1 aliphatic carbocycles. The summed E-state index contributed by atoms with van der Waals surface area (Å²) in [6, 6.07) is 13.2. The quantitative estimate of drug-likeness (QED) is 0.603. The van der Waals surface area contributed by atoms with Gasteiger partial charge in [-0.05, 0) is 17.7 Å². The molecule has 2 heterocycles. The fourth-order valence-electron chi connectivity index (χ4n) is 4.18. The summed E-state index contributed by atoms with van der Waals surface area (Å²) in [5, 5.41) is 12.3. The molecule has 0 saturated heterocycles. The van der Waals surface area contributed by atoms with Crippen LogP contribution in [0, 0.1) is 0 Å². The van der Waals surface area contributed by atoms with Crippen molar-refractivity contribution in [3.63, 3.8) is 0 Å². The summed E-state index contributed by atoms with van der Waals surface area (Å²) in [5.74, 6) is -1.73. The molecule has 2 aromatic carbocycles. The molecule has 0 bridgehead atoms. The minimum absolute atomic E-state index is 0.0949. The predicted molar refractivity (Wildman–Crippen MR) is 109 cm³/mol. The molecule has 1 unspecified atom stereocenters. The molecule has 1 aliphatic heterocycles. The summed E-state index contributed by atoms with van der Waals surface area (Å²) in [4.78, 5) is 51.8. The average Bonchev–Trinajstić information content (AvgIpc) is 3.03. The summed E-state index contributed by atoms with van der Waals surface area (Å²) in [6.07, 6.45) is 0. The molecule has 0 amide bonds. The maximum absolute atomic E-state index is 13.3. The number of carboxylic acids is 1. The molecule has 3 N–H and O–H groups in total. The zero-order valence-electron chi connectivity index (χ0n) is 15.7. The lowest BCUT2D eigenvalue weighted by atomic mass is 9.81. The van der Waals surface area contributed by atoms with Gasteiger partial charge in [-0.2, -0.15) is 0 Å². The van der Waals surface area contributed by atoms with Crippen LogP contribution >= 0.6 is 0 Å². The van der Waals surface area contributed by atoms with E-state index < -0.39 is 23.1 Å². The number of aromatic carboxylic acids is 1. The minimum Gasteiger partial charge on any atom is -0.478 e. The second-order valence-electron chi connectivity index (χ2n) is 7.23. The van der Waals surface area contributed by atoms with Crippen LogP contribution in [0.2, 0.25) is 0 Å². The number of aromatic nitrogens is 2. The Morgan fingerprint density at radius 2 is 1.67 bits per heavy atom. The highest BCUT2D eigenvalue weighted by atomic mass is 16.4. The maximum atomic E-state index is 13.3. The molecule has 5 rings (SSSR count). The largest absolute Gasteiger partial charge is 0.478 e. The number of fused-ring (bicyclic) bond motifs is 3. The lowest BCUT2D eigenvalue weighted by Crippen LogP contribution is -2.37. The Kier molecular flexibility index (Phi) is 3.66. The first kappa shape index (κ1) is 17.9. The van der Waals surface area contributed by atoms with E-state index in [1.165, 1.54) is 23.7 Å².